The Hall–Kier alpha value is -0.750. The molecule has 7 nitrogen and oxygen atoms in total. The smallest absolute Gasteiger partial charge is 0.242 e. The van der Waals surface area contributed by atoms with Crippen molar-refractivity contribution in [2.45, 2.75) is 25.9 Å². The van der Waals surface area contributed by atoms with Crippen LogP contribution in [0.15, 0.2) is 0 Å². The summed E-state index contributed by atoms with van der Waals surface area (Å²) >= 11 is 0. The summed E-state index contributed by atoms with van der Waals surface area (Å²) in [5.41, 5.74) is 5.32. The number of hydrogen-bond donors (Lipinski definition) is 5. The summed E-state index contributed by atoms with van der Waals surface area (Å²) in [4.78, 5) is 39.7. The van der Waals surface area contributed by atoms with E-state index in [2.05, 4.69) is 10.6 Å². The number of nitrogens with one attached hydrogen (secondary N) is 2. The number of hydrogen-bond acceptors (Lipinski definition) is 5. The van der Waals surface area contributed by atoms with E-state index in [0.29, 0.717) is 0 Å². The fourth-order valence-corrected chi connectivity index (χ4v) is 1.15. The van der Waals surface area contributed by atoms with E-state index in [-0.39, 0.29) is 18.6 Å². The SMILES string of the molecule is C[C@H](N)C(=O)N[C@@H](C)C(=O)NCCP(O)O. The van der Waals surface area contributed by atoms with Crippen LogP contribution in [0.4, 0.5) is 0 Å². The van der Waals surface area contributed by atoms with E-state index in [1.54, 1.807) is 0 Å². The first-order chi connectivity index (χ1) is 7.34. The predicted octanol–water partition coefficient (Wildman–Crippen LogP) is -1.75. The molecule has 0 fully saturated rings. The van der Waals surface area contributed by atoms with Crippen LogP contribution in [0.2, 0.25) is 0 Å². The van der Waals surface area contributed by atoms with Crippen molar-refractivity contribution in [1.29, 1.82) is 0 Å². The van der Waals surface area contributed by atoms with Crippen LogP contribution in [-0.4, -0.2) is 46.4 Å². The van der Waals surface area contributed by atoms with Gasteiger partial charge in [-0.3, -0.25) is 9.59 Å². The van der Waals surface area contributed by atoms with Crippen molar-refractivity contribution >= 4 is 20.2 Å². The van der Waals surface area contributed by atoms with Crippen LogP contribution < -0.4 is 16.4 Å². The van der Waals surface area contributed by atoms with Gasteiger partial charge in [-0.2, -0.15) is 0 Å². The Morgan fingerprint density at radius 2 is 1.88 bits per heavy atom. The van der Waals surface area contributed by atoms with Gasteiger partial charge in [0.1, 0.15) is 6.04 Å². The van der Waals surface area contributed by atoms with Crippen LogP contribution >= 0.6 is 8.38 Å². The largest absolute Gasteiger partial charge is 0.354 e. The maximum Gasteiger partial charge on any atom is 0.242 e. The molecule has 2 amide bonds. The molecule has 2 atom stereocenters. The van der Waals surface area contributed by atoms with E-state index in [0.717, 1.165) is 0 Å². The Morgan fingerprint density at radius 1 is 1.31 bits per heavy atom. The van der Waals surface area contributed by atoms with E-state index in [9.17, 15) is 9.59 Å². The first kappa shape index (κ1) is 15.2. The molecular weight excluding hydrogens is 233 g/mol. The monoisotopic (exact) mass is 251 g/mol. The molecule has 16 heavy (non-hydrogen) atoms. The third-order valence-electron chi connectivity index (χ3n) is 1.78. The highest BCUT2D eigenvalue weighted by molar-refractivity contribution is 7.45. The average Bonchev–Trinajstić information content (AvgIpc) is 2.16. The Kier molecular flexibility index (Phi) is 7.16. The minimum absolute atomic E-state index is 0.106. The predicted molar refractivity (Wildman–Crippen MR) is 60.5 cm³/mol. The summed E-state index contributed by atoms with van der Waals surface area (Å²) in [7, 11) is -2.00. The maximum atomic E-state index is 11.4. The van der Waals surface area contributed by atoms with Gasteiger partial charge in [-0.25, -0.2) is 0 Å². The highest BCUT2D eigenvalue weighted by atomic mass is 31.2. The molecule has 8 heteroatoms. The van der Waals surface area contributed by atoms with Crippen LogP contribution in [0.25, 0.3) is 0 Å². The van der Waals surface area contributed by atoms with Gasteiger partial charge in [0.05, 0.1) is 6.04 Å². The Labute approximate surface area is 95.3 Å². The highest BCUT2D eigenvalue weighted by Gasteiger charge is 2.17. The fourth-order valence-electron chi connectivity index (χ4n) is 0.843. The zero-order valence-corrected chi connectivity index (χ0v) is 10.2. The summed E-state index contributed by atoms with van der Waals surface area (Å²) in [6, 6.07) is -1.36. The van der Waals surface area contributed by atoms with Gasteiger partial charge in [0.25, 0.3) is 0 Å². The fraction of sp³-hybridized carbons (Fsp3) is 0.750. The lowest BCUT2D eigenvalue weighted by Gasteiger charge is -2.15. The van der Waals surface area contributed by atoms with Crippen LogP contribution in [-0.2, 0) is 9.59 Å². The minimum atomic E-state index is -2.00. The zero-order chi connectivity index (χ0) is 12.7. The second-order valence-electron chi connectivity index (χ2n) is 3.41. The van der Waals surface area contributed by atoms with Crippen molar-refractivity contribution in [2.24, 2.45) is 5.73 Å². The molecule has 0 aromatic carbocycles. The number of carbonyl (C=O) groups is 2. The topological polar surface area (TPSA) is 125 Å². The average molecular weight is 251 g/mol. The molecular formula is C8H18N3O4P. The molecule has 0 aliphatic rings. The second-order valence-corrected chi connectivity index (χ2v) is 4.60. The lowest BCUT2D eigenvalue weighted by Crippen LogP contribution is -2.49. The van der Waals surface area contributed by atoms with E-state index in [1.165, 1.54) is 13.8 Å². The van der Waals surface area contributed by atoms with E-state index >= 15 is 0 Å². The molecule has 0 saturated carbocycles. The molecule has 0 aromatic rings. The molecule has 0 heterocycles. The summed E-state index contributed by atoms with van der Waals surface area (Å²) < 4.78 is 0. The third-order valence-corrected chi connectivity index (χ3v) is 2.40. The van der Waals surface area contributed by atoms with Gasteiger partial charge in [-0.1, -0.05) is 0 Å². The summed E-state index contributed by atoms with van der Waals surface area (Å²) in [6.45, 7) is 3.21. The molecule has 0 unspecified atom stereocenters. The minimum Gasteiger partial charge on any atom is -0.354 e. The number of amides is 2. The standard InChI is InChI=1S/C8H18N3O4P/c1-5(9)7(12)11-6(2)8(13)10-3-4-16(14)15/h5-6,14-15H,3-4,9H2,1-2H3,(H,10,13)(H,11,12)/t5-,6-/m0/s1. The van der Waals surface area contributed by atoms with Gasteiger partial charge in [0, 0.05) is 12.7 Å². The van der Waals surface area contributed by atoms with Crippen molar-refractivity contribution in [1.82, 2.24) is 10.6 Å². The highest BCUT2D eigenvalue weighted by Crippen LogP contribution is 2.20. The maximum absolute atomic E-state index is 11.4. The first-order valence-corrected chi connectivity index (χ1v) is 6.26. The lowest BCUT2D eigenvalue weighted by molar-refractivity contribution is -0.128. The summed E-state index contributed by atoms with van der Waals surface area (Å²) in [6.07, 6.45) is 0.106. The lowest BCUT2D eigenvalue weighted by atomic mass is 10.2. The van der Waals surface area contributed by atoms with Crippen LogP contribution in [0.5, 0.6) is 0 Å². The normalized spacial score (nSPS) is 14.4. The first-order valence-electron chi connectivity index (χ1n) is 4.83. The van der Waals surface area contributed by atoms with Gasteiger partial charge in [0.15, 0.2) is 8.38 Å². The van der Waals surface area contributed by atoms with Gasteiger partial charge in [0.2, 0.25) is 11.8 Å². The molecule has 0 bridgehead atoms. The van der Waals surface area contributed by atoms with Crippen LogP contribution in [0.3, 0.4) is 0 Å². The molecule has 0 aromatic heterocycles. The zero-order valence-electron chi connectivity index (χ0n) is 9.30. The Morgan fingerprint density at radius 3 is 2.31 bits per heavy atom. The molecule has 0 spiro atoms. The van der Waals surface area contributed by atoms with E-state index in [4.69, 9.17) is 15.5 Å². The Bertz CT molecular complexity index is 247. The second kappa shape index (κ2) is 7.51. The van der Waals surface area contributed by atoms with Crippen molar-refractivity contribution in [3.8, 4) is 0 Å². The molecule has 6 N–H and O–H groups in total. The number of rotatable bonds is 6. The van der Waals surface area contributed by atoms with E-state index in [1.807, 2.05) is 0 Å². The molecule has 0 aliphatic heterocycles. The van der Waals surface area contributed by atoms with Gasteiger partial charge >= 0.3 is 0 Å². The van der Waals surface area contributed by atoms with Gasteiger partial charge < -0.3 is 26.2 Å². The van der Waals surface area contributed by atoms with Crippen molar-refractivity contribution in [2.75, 3.05) is 12.7 Å². The van der Waals surface area contributed by atoms with Gasteiger partial charge in [-0.15, -0.1) is 0 Å². The summed E-state index contributed by atoms with van der Waals surface area (Å²) in [5.74, 6) is -0.792. The molecule has 0 aliphatic carbocycles. The van der Waals surface area contributed by atoms with Gasteiger partial charge in [-0.05, 0) is 13.8 Å². The third kappa shape index (κ3) is 6.68. The molecule has 0 rings (SSSR count). The number of carbonyl (C=O) groups excluding carboxylic acids is 2. The molecule has 94 valence electrons. The molecule has 0 radical (unpaired) electrons. The van der Waals surface area contributed by atoms with E-state index < -0.39 is 26.4 Å². The van der Waals surface area contributed by atoms with Crippen molar-refractivity contribution < 1.29 is 19.4 Å². The molecule has 0 saturated heterocycles. The quantitative estimate of drug-likeness (QED) is 0.358. The Balaban J connectivity index is 3.86. The summed E-state index contributed by atoms with van der Waals surface area (Å²) in [5, 5.41) is 4.88. The van der Waals surface area contributed by atoms with Crippen molar-refractivity contribution in [3.05, 3.63) is 0 Å². The van der Waals surface area contributed by atoms with Crippen LogP contribution in [0.1, 0.15) is 13.8 Å². The van der Waals surface area contributed by atoms with Crippen LogP contribution in [0, 0.1) is 0 Å². The van der Waals surface area contributed by atoms with Crippen molar-refractivity contribution in [3.63, 3.8) is 0 Å². The number of nitrogens with two attached hydrogens (primary N) is 1.